The highest BCUT2D eigenvalue weighted by molar-refractivity contribution is 6.25. The van der Waals surface area contributed by atoms with Crippen LogP contribution < -0.4 is 11.0 Å². The third kappa shape index (κ3) is 7.91. The van der Waals surface area contributed by atoms with E-state index in [0.717, 1.165) is 13.0 Å². The Hall–Kier alpha value is -0.0900. The Balaban J connectivity index is 2.77. The Morgan fingerprint density at radius 1 is 1.60 bits per heavy atom. The SMILES string of the molecule is CCCNNOCC=CCl. The van der Waals surface area contributed by atoms with Gasteiger partial charge in [-0.3, -0.25) is 4.84 Å². The normalized spacial score (nSPS) is 11.0. The molecule has 0 heterocycles. The fourth-order valence-corrected chi connectivity index (χ4v) is 0.426. The van der Waals surface area contributed by atoms with Crippen molar-refractivity contribution in [2.45, 2.75) is 13.3 Å². The highest BCUT2D eigenvalue weighted by Crippen LogP contribution is 1.76. The number of hydrogen-bond acceptors (Lipinski definition) is 3. The lowest BCUT2D eigenvalue weighted by atomic mass is 10.5. The molecule has 0 radical (unpaired) electrons. The lowest BCUT2D eigenvalue weighted by Crippen LogP contribution is -2.32. The standard InChI is InChI=1S/C6H13ClN2O/c1-2-5-8-9-10-6-3-4-7/h3-4,8-9H,2,5-6H2,1H3. The predicted molar refractivity (Wildman–Crippen MR) is 42.4 cm³/mol. The Kier molecular flexibility index (Phi) is 8.83. The topological polar surface area (TPSA) is 33.3 Å². The molecule has 0 rings (SSSR count). The summed E-state index contributed by atoms with van der Waals surface area (Å²) >= 11 is 5.23. The highest BCUT2D eigenvalue weighted by Gasteiger charge is 1.79. The van der Waals surface area contributed by atoms with Crippen molar-refractivity contribution in [1.29, 1.82) is 0 Å². The smallest absolute Gasteiger partial charge is 0.0891 e. The van der Waals surface area contributed by atoms with Gasteiger partial charge in [-0.15, -0.1) is 5.59 Å². The molecule has 0 atom stereocenters. The number of nitrogens with one attached hydrogen (secondary N) is 2. The van der Waals surface area contributed by atoms with Crippen LogP contribution in [0, 0.1) is 0 Å². The second-order valence-corrected chi connectivity index (χ2v) is 1.95. The van der Waals surface area contributed by atoms with Crippen LogP contribution in [-0.4, -0.2) is 13.2 Å². The quantitative estimate of drug-likeness (QED) is 0.457. The molecule has 60 valence electrons. The van der Waals surface area contributed by atoms with E-state index < -0.39 is 0 Å². The maximum absolute atomic E-state index is 5.23. The second-order valence-electron chi connectivity index (χ2n) is 1.70. The largest absolute Gasteiger partial charge is 0.283 e. The van der Waals surface area contributed by atoms with Crippen molar-refractivity contribution in [3.8, 4) is 0 Å². The lowest BCUT2D eigenvalue weighted by molar-refractivity contribution is 0.0299. The Morgan fingerprint density at radius 3 is 3.00 bits per heavy atom. The fourth-order valence-electron chi connectivity index (χ4n) is 0.353. The zero-order chi connectivity index (χ0) is 7.66. The summed E-state index contributed by atoms with van der Waals surface area (Å²) in [5.74, 6) is 0. The number of hydrogen-bond donors (Lipinski definition) is 2. The van der Waals surface area contributed by atoms with E-state index in [0.29, 0.717) is 6.61 Å². The summed E-state index contributed by atoms with van der Waals surface area (Å²) in [6.07, 6.45) is 2.77. The molecule has 0 saturated heterocycles. The van der Waals surface area contributed by atoms with Crippen LogP contribution in [0.4, 0.5) is 0 Å². The van der Waals surface area contributed by atoms with Gasteiger partial charge in [-0.05, 0) is 12.5 Å². The van der Waals surface area contributed by atoms with Gasteiger partial charge in [0.05, 0.1) is 6.61 Å². The zero-order valence-corrected chi connectivity index (χ0v) is 6.82. The maximum Gasteiger partial charge on any atom is 0.0891 e. The second kappa shape index (κ2) is 8.91. The van der Waals surface area contributed by atoms with Crippen molar-refractivity contribution >= 4 is 11.6 Å². The summed E-state index contributed by atoms with van der Waals surface area (Å²) in [4.78, 5) is 4.84. The monoisotopic (exact) mass is 164 g/mol. The third-order valence-electron chi connectivity index (χ3n) is 0.788. The summed E-state index contributed by atoms with van der Waals surface area (Å²) in [5, 5.41) is 0. The molecule has 0 aromatic rings. The van der Waals surface area contributed by atoms with Gasteiger partial charge in [-0.2, -0.15) is 0 Å². The van der Waals surface area contributed by atoms with E-state index >= 15 is 0 Å². The lowest BCUT2D eigenvalue weighted by Gasteiger charge is -2.02. The van der Waals surface area contributed by atoms with Gasteiger partial charge in [0.15, 0.2) is 0 Å². The van der Waals surface area contributed by atoms with Crippen LogP contribution >= 0.6 is 11.6 Å². The molecule has 10 heavy (non-hydrogen) atoms. The van der Waals surface area contributed by atoms with Crippen molar-refractivity contribution in [3.63, 3.8) is 0 Å². The summed E-state index contributed by atoms with van der Waals surface area (Å²) in [6.45, 7) is 3.44. The minimum absolute atomic E-state index is 0.472. The first-order valence-corrected chi connectivity index (χ1v) is 3.70. The van der Waals surface area contributed by atoms with Gasteiger partial charge in [0.25, 0.3) is 0 Å². The van der Waals surface area contributed by atoms with Crippen LogP contribution in [0.3, 0.4) is 0 Å². The molecule has 0 spiro atoms. The van der Waals surface area contributed by atoms with Crippen LogP contribution in [0.1, 0.15) is 13.3 Å². The summed E-state index contributed by atoms with van der Waals surface area (Å²) < 4.78 is 0. The molecule has 0 aromatic heterocycles. The Labute approximate surface area is 66.3 Å². The van der Waals surface area contributed by atoms with E-state index in [9.17, 15) is 0 Å². The summed E-state index contributed by atoms with van der Waals surface area (Å²) in [5.41, 5.74) is 6.82. The molecule has 0 unspecified atom stereocenters. The molecule has 0 bridgehead atoms. The van der Waals surface area contributed by atoms with Gasteiger partial charge in [-0.25, -0.2) is 5.43 Å². The van der Waals surface area contributed by atoms with Gasteiger partial charge in [-0.1, -0.05) is 18.5 Å². The fraction of sp³-hybridized carbons (Fsp3) is 0.667. The van der Waals surface area contributed by atoms with E-state index in [1.807, 2.05) is 0 Å². The van der Waals surface area contributed by atoms with Gasteiger partial charge < -0.3 is 0 Å². The van der Waals surface area contributed by atoms with Gasteiger partial charge in [0.2, 0.25) is 0 Å². The van der Waals surface area contributed by atoms with Crippen LogP contribution in [0.5, 0.6) is 0 Å². The van der Waals surface area contributed by atoms with Crippen molar-refractivity contribution in [1.82, 2.24) is 11.0 Å². The van der Waals surface area contributed by atoms with Crippen LogP contribution in [0.25, 0.3) is 0 Å². The maximum atomic E-state index is 5.23. The van der Waals surface area contributed by atoms with E-state index in [1.54, 1.807) is 6.08 Å². The van der Waals surface area contributed by atoms with Crippen LogP contribution in [-0.2, 0) is 4.84 Å². The molecular formula is C6H13ClN2O. The molecule has 0 saturated carbocycles. The minimum atomic E-state index is 0.472. The Bertz CT molecular complexity index is 87.8. The molecule has 2 N–H and O–H groups in total. The van der Waals surface area contributed by atoms with Crippen molar-refractivity contribution < 1.29 is 4.84 Å². The van der Waals surface area contributed by atoms with Crippen molar-refractivity contribution in [2.24, 2.45) is 0 Å². The first kappa shape index (κ1) is 9.91. The van der Waals surface area contributed by atoms with E-state index in [2.05, 4.69) is 17.9 Å². The first-order chi connectivity index (χ1) is 4.91. The Morgan fingerprint density at radius 2 is 2.40 bits per heavy atom. The van der Waals surface area contributed by atoms with Crippen molar-refractivity contribution in [3.05, 3.63) is 11.6 Å². The van der Waals surface area contributed by atoms with Crippen LogP contribution in [0.15, 0.2) is 11.6 Å². The number of rotatable bonds is 6. The third-order valence-corrected chi connectivity index (χ3v) is 0.966. The molecular weight excluding hydrogens is 152 g/mol. The molecule has 0 aliphatic rings. The average Bonchev–Trinajstić information content (AvgIpc) is 1.97. The molecule has 3 nitrogen and oxygen atoms in total. The van der Waals surface area contributed by atoms with Crippen LogP contribution in [0.2, 0.25) is 0 Å². The van der Waals surface area contributed by atoms with Gasteiger partial charge in [0.1, 0.15) is 0 Å². The molecule has 0 fully saturated rings. The number of hydrazine groups is 1. The molecule has 0 aliphatic carbocycles. The summed E-state index contributed by atoms with van der Waals surface area (Å²) in [7, 11) is 0. The zero-order valence-electron chi connectivity index (χ0n) is 6.06. The van der Waals surface area contributed by atoms with E-state index in [1.165, 1.54) is 5.54 Å². The number of halogens is 1. The highest BCUT2D eigenvalue weighted by atomic mass is 35.5. The molecule has 0 amide bonds. The summed E-state index contributed by atoms with van der Waals surface area (Å²) in [6, 6.07) is 0. The van der Waals surface area contributed by atoms with Gasteiger partial charge in [0, 0.05) is 12.1 Å². The minimum Gasteiger partial charge on any atom is -0.283 e. The molecule has 4 heteroatoms. The molecule has 0 aromatic carbocycles. The molecule has 0 aliphatic heterocycles. The van der Waals surface area contributed by atoms with Gasteiger partial charge >= 0.3 is 0 Å². The van der Waals surface area contributed by atoms with Crippen molar-refractivity contribution in [2.75, 3.05) is 13.2 Å². The predicted octanol–water partition coefficient (Wildman–Crippen LogP) is 1.17. The first-order valence-electron chi connectivity index (χ1n) is 3.26. The van der Waals surface area contributed by atoms with E-state index in [-0.39, 0.29) is 0 Å². The van der Waals surface area contributed by atoms with E-state index in [4.69, 9.17) is 16.4 Å². The average molecular weight is 165 g/mol.